The molecule has 0 fully saturated rings. The third-order valence-corrected chi connectivity index (χ3v) is 5.13. The van der Waals surface area contributed by atoms with E-state index >= 15 is 0 Å². The van der Waals surface area contributed by atoms with Crippen LogP contribution >= 0.6 is 23.6 Å². The molecule has 0 saturated heterocycles. The molecule has 3 aromatic rings. The Labute approximate surface area is 166 Å². The van der Waals surface area contributed by atoms with Gasteiger partial charge in [0.2, 0.25) is 10.7 Å². The number of rotatable bonds is 5. The summed E-state index contributed by atoms with van der Waals surface area (Å²) in [4.78, 5) is 18.6. The summed E-state index contributed by atoms with van der Waals surface area (Å²) >= 11 is 6.58. The van der Waals surface area contributed by atoms with E-state index < -0.39 is 0 Å². The van der Waals surface area contributed by atoms with Gasteiger partial charge in [-0.2, -0.15) is 14.9 Å². The molecule has 0 spiro atoms. The summed E-state index contributed by atoms with van der Waals surface area (Å²) in [6.45, 7) is 7.49. The first-order valence-electron chi connectivity index (χ1n) is 8.45. The molecular weight excluding hydrogens is 380 g/mol. The topological polar surface area (TPSA) is 79.2 Å². The number of para-hydroxylation sites is 1. The predicted molar refractivity (Wildman–Crippen MR) is 111 cm³/mol. The van der Waals surface area contributed by atoms with Crippen molar-refractivity contribution in [1.29, 1.82) is 0 Å². The Balaban J connectivity index is 1.96. The predicted octanol–water partition coefficient (Wildman–Crippen LogP) is 4.14. The molecule has 0 radical (unpaired) electrons. The lowest BCUT2D eigenvalue weighted by molar-refractivity contribution is -0.115. The molecule has 0 bridgehead atoms. The van der Waals surface area contributed by atoms with E-state index in [1.807, 2.05) is 44.4 Å². The van der Waals surface area contributed by atoms with Crippen LogP contribution < -0.4 is 4.90 Å². The highest BCUT2D eigenvalue weighted by molar-refractivity contribution is 7.71. The standard InChI is InChI=1S/C18H20N6OS2/c1-5-15-21-22-17(26)24(15)19-9-14-10-27-18(20-14)23(13(4)25)16-11(2)7-6-8-12(16)3/h6-10H,5H2,1-4H3,(H,22,26)/b19-9-. The first-order chi connectivity index (χ1) is 12.9. The molecule has 0 aliphatic heterocycles. The number of benzene rings is 1. The van der Waals surface area contributed by atoms with Gasteiger partial charge in [-0.1, -0.05) is 25.1 Å². The number of hydrogen-bond donors (Lipinski definition) is 1. The van der Waals surface area contributed by atoms with Gasteiger partial charge in [0.15, 0.2) is 11.0 Å². The van der Waals surface area contributed by atoms with Crippen LogP contribution in [0.5, 0.6) is 0 Å². The van der Waals surface area contributed by atoms with Crippen LogP contribution in [-0.4, -0.2) is 32.0 Å². The van der Waals surface area contributed by atoms with E-state index in [4.69, 9.17) is 12.2 Å². The zero-order valence-electron chi connectivity index (χ0n) is 15.6. The first kappa shape index (κ1) is 19.1. The number of H-pyrrole nitrogens is 1. The average Bonchev–Trinajstić information content (AvgIpc) is 3.22. The second-order valence-electron chi connectivity index (χ2n) is 6.00. The largest absolute Gasteiger partial charge is 0.274 e. The molecule has 0 unspecified atom stereocenters. The Hall–Kier alpha value is -2.65. The number of amides is 1. The first-order valence-corrected chi connectivity index (χ1v) is 9.74. The van der Waals surface area contributed by atoms with Crippen molar-refractivity contribution in [3.8, 4) is 0 Å². The lowest BCUT2D eigenvalue weighted by Crippen LogP contribution is -2.24. The maximum Gasteiger partial charge on any atom is 0.230 e. The van der Waals surface area contributed by atoms with Crippen molar-refractivity contribution in [1.82, 2.24) is 19.9 Å². The van der Waals surface area contributed by atoms with Crippen molar-refractivity contribution in [2.75, 3.05) is 4.90 Å². The van der Waals surface area contributed by atoms with Crippen LogP contribution in [0, 0.1) is 18.6 Å². The van der Waals surface area contributed by atoms with Crippen molar-refractivity contribution in [2.24, 2.45) is 5.10 Å². The third kappa shape index (κ3) is 3.88. The summed E-state index contributed by atoms with van der Waals surface area (Å²) < 4.78 is 2.00. The number of aryl methyl sites for hydroxylation is 3. The minimum atomic E-state index is -0.0874. The molecule has 2 heterocycles. The second kappa shape index (κ2) is 7.93. The molecule has 1 aromatic carbocycles. The van der Waals surface area contributed by atoms with Crippen molar-refractivity contribution < 1.29 is 4.79 Å². The fourth-order valence-corrected chi connectivity index (χ4v) is 3.79. The van der Waals surface area contributed by atoms with Gasteiger partial charge in [0.1, 0.15) is 0 Å². The van der Waals surface area contributed by atoms with E-state index in [2.05, 4.69) is 20.3 Å². The molecule has 9 heteroatoms. The van der Waals surface area contributed by atoms with Crippen LogP contribution in [0.15, 0.2) is 28.7 Å². The van der Waals surface area contributed by atoms with Gasteiger partial charge in [0.05, 0.1) is 17.6 Å². The van der Waals surface area contributed by atoms with Gasteiger partial charge < -0.3 is 0 Å². The lowest BCUT2D eigenvalue weighted by atomic mass is 10.1. The quantitative estimate of drug-likeness (QED) is 0.516. The molecule has 0 aliphatic carbocycles. The molecule has 140 valence electrons. The van der Waals surface area contributed by atoms with Crippen molar-refractivity contribution >= 4 is 46.5 Å². The monoisotopic (exact) mass is 400 g/mol. The van der Waals surface area contributed by atoms with Crippen molar-refractivity contribution in [3.05, 3.63) is 51.0 Å². The maximum atomic E-state index is 12.4. The Bertz CT molecular complexity index is 1040. The Kier molecular flexibility index (Phi) is 5.62. The zero-order chi connectivity index (χ0) is 19.6. The van der Waals surface area contributed by atoms with E-state index in [9.17, 15) is 4.79 Å². The molecule has 27 heavy (non-hydrogen) atoms. The summed E-state index contributed by atoms with van der Waals surface area (Å²) in [7, 11) is 0. The molecular formula is C18H20N6OS2. The molecule has 0 aliphatic rings. The number of carbonyl (C=O) groups excluding carboxylic acids is 1. The number of aromatic amines is 1. The normalized spacial score (nSPS) is 11.3. The fourth-order valence-electron chi connectivity index (χ4n) is 2.77. The van der Waals surface area contributed by atoms with Crippen molar-refractivity contribution in [3.63, 3.8) is 0 Å². The third-order valence-electron chi connectivity index (χ3n) is 4.02. The minimum absolute atomic E-state index is 0.0874. The molecule has 3 rings (SSSR count). The number of anilines is 2. The smallest absolute Gasteiger partial charge is 0.230 e. The summed E-state index contributed by atoms with van der Waals surface area (Å²) in [5.41, 5.74) is 3.56. The van der Waals surface area contributed by atoms with Gasteiger partial charge in [0, 0.05) is 18.7 Å². The molecule has 1 amide bonds. The highest BCUT2D eigenvalue weighted by Gasteiger charge is 2.21. The maximum absolute atomic E-state index is 12.4. The van der Waals surface area contributed by atoms with Crippen LogP contribution in [0.25, 0.3) is 0 Å². The number of carbonyl (C=O) groups is 1. The number of aromatic nitrogens is 4. The average molecular weight is 401 g/mol. The van der Waals surface area contributed by atoms with Crippen LogP contribution in [0.1, 0.15) is 36.5 Å². The number of nitrogens with one attached hydrogen (secondary N) is 1. The Morgan fingerprint density at radius 3 is 2.74 bits per heavy atom. The summed E-state index contributed by atoms with van der Waals surface area (Å²) in [6.07, 6.45) is 2.32. The van der Waals surface area contributed by atoms with Gasteiger partial charge in [-0.25, -0.2) is 4.98 Å². The SMILES string of the molecule is CCc1n[nH]c(=S)n1/N=C\c1csc(N(C(C)=O)c2c(C)cccc2C)n1. The highest BCUT2D eigenvalue weighted by Crippen LogP contribution is 2.33. The molecule has 2 aromatic heterocycles. The van der Waals surface area contributed by atoms with Gasteiger partial charge in [0.25, 0.3) is 0 Å². The van der Waals surface area contributed by atoms with Gasteiger partial charge in [-0.05, 0) is 37.2 Å². The van der Waals surface area contributed by atoms with E-state index in [1.54, 1.807) is 22.7 Å². The van der Waals surface area contributed by atoms with E-state index in [0.717, 1.165) is 22.6 Å². The van der Waals surface area contributed by atoms with Gasteiger partial charge in [-0.15, -0.1) is 11.3 Å². The number of nitrogens with zero attached hydrogens (tertiary/aromatic N) is 5. The fraction of sp³-hybridized carbons (Fsp3) is 0.278. The van der Waals surface area contributed by atoms with E-state index in [-0.39, 0.29) is 5.91 Å². The van der Waals surface area contributed by atoms with E-state index in [1.165, 1.54) is 11.3 Å². The van der Waals surface area contributed by atoms with E-state index in [0.29, 0.717) is 22.0 Å². The molecule has 1 N–H and O–H groups in total. The molecule has 7 nitrogen and oxygen atoms in total. The summed E-state index contributed by atoms with van der Waals surface area (Å²) in [6, 6.07) is 5.95. The molecule has 0 saturated carbocycles. The molecule has 0 atom stereocenters. The van der Waals surface area contributed by atoms with Crippen LogP contribution in [0.2, 0.25) is 0 Å². The second-order valence-corrected chi connectivity index (χ2v) is 7.23. The Morgan fingerprint density at radius 2 is 2.11 bits per heavy atom. The highest BCUT2D eigenvalue weighted by atomic mass is 32.1. The summed E-state index contributed by atoms with van der Waals surface area (Å²) in [5.74, 6) is 0.656. The van der Waals surface area contributed by atoms with Gasteiger partial charge >= 0.3 is 0 Å². The number of thiazole rings is 1. The number of hydrogen-bond acceptors (Lipinski definition) is 6. The minimum Gasteiger partial charge on any atom is -0.274 e. The van der Waals surface area contributed by atoms with Crippen LogP contribution in [0.3, 0.4) is 0 Å². The van der Waals surface area contributed by atoms with Gasteiger partial charge in [-0.3, -0.25) is 14.8 Å². The van der Waals surface area contributed by atoms with Crippen LogP contribution in [-0.2, 0) is 11.2 Å². The van der Waals surface area contributed by atoms with Crippen LogP contribution in [0.4, 0.5) is 10.8 Å². The summed E-state index contributed by atoms with van der Waals surface area (Å²) in [5, 5.41) is 13.7. The van der Waals surface area contributed by atoms with Crippen molar-refractivity contribution in [2.45, 2.75) is 34.1 Å². The lowest BCUT2D eigenvalue weighted by Gasteiger charge is -2.22. The Morgan fingerprint density at radius 1 is 1.41 bits per heavy atom. The zero-order valence-corrected chi connectivity index (χ0v) is 17.2.